The molecule has 0 radical (unpaired) electrons. The molecule has 2 aromatic rings. The number of benzene rings is 2. The van der Waals surface area contributed by atoms with Crippen LogP contribution in [0.3, 0.4) is 0 Å². The number of hydrogen-bond acceptors (Lipinski definition) is 2. The van der Waals surface area contributed by atoms with Crippen molar-refractivity contribution < 1.29 is 9.13 Å². The maximum atomic E-state index is 13.7. The minimum absolute atomic E-state index is 0.0141. The minimum Gasteiger partial charge on any atom is -0.490 e. The molecule has 0 spiro atoms. The third-order valence-electron chi connectivity index (χ3n) is 2.67. The Morgan fingerprint density at radius 1 is 1.05 bits per heavy atom. The van der Waals surface area contributed by atoms with Crippen LogP contribution < -0.4 is 4.74 Å². The van der Waals surface area contributed by atoms with E-state index in [1.165, 1.54) is 6.07 Å². The van der Waals surface area contributed by atoms with Gasteiger partial charge in [0.1, 0.15) is 17.6 Å². The predicted molar refractivity (Wildman–Crippen MR) is 72.3 cm³/mol. The van der Waals surface area contributed by atoms with Gasteiger partial charge < -0.3 is 4.74 Å². The van der Waals surface area contributed by atoms with Gasteiger partial charge >= 0.3 is 0 Å². The van der Waals surface area contributed by atoms with Crippen LogP contribution >= 0.6 is 0 Å². The van der Waals surface area contributed by atoms with Gasteiger partial charge in [-0.2, -0.15) is 5.26 Å². The molecule has 0 unspecified atom stereocenters. The first-order chi connectivity index (χ1) is 9.13. The summed E-state index contributed by atoms with van der Waals surface area (Å²) in [6, 6.07) is 13.9. The predicted octanol–water partition coefficient (Wildman–Crippen LogP) is 4.15. The van der Waals surface area contributed by atoms with Gasteiger partial charge in [-0.3, -0.25) is 0 Å². The van der Waals surface area contributed by atoms with Crippen molar-refractivity contribution in [3.05, 3.63) is 53.8 Å². The summed E-state index contributed by atoms with van der Waals surface area (Å²) < 4.78 is 19.4. The Balaban J connectivity index is 2.60. The first kappa shape index (κ1) is 13.1. The number of para-hydroxylation sites is 1. The van der Waals surface area contributed by atoms with Crippen LogP contribution in [0.1, 0.15) is 19.4 Å². The van der Waals surface area contributed by atoms with E-state index in [0.717, 1.165) is 5.56 Å². The molecule has 0 fully saturated rings. The van der Waals surface area contributed by atoms with Crippen LogP contribution in [0.15, 0.2) is 42.5 Å². The second-order valence-corrected chi connectivity index (χ2v) is 4.44. The zero-order valence-corrected chi connectivity index (χ0v) is 10.9. The van der Waals surface area contributed by atoms with E-state index in [-0.39, 0.29) is 11.7 Å². The van der Waals surface area contributed by atoms with Crippen molar-refractivity contribution >= 4 is 0 Å². The monoisotopic (exact) mass is 255 g/mol. The molecule has 3 heteroatoms. The Bertz CT molecular complexity index is 629. The molecule has 2 aromatic carbocycles. The number of ether oxygens (including phenoxy) is 1. The SMILES string of the molecule is CC(C)Oc1ccccc1-c1cccc(F)c1C#N. The molecule has 2 nitrogen and oxygen atoms in total. The molecule has 0 amide bonds. The van der Waals surface area contributed by atoms with E-state index in [1.54, 1.807) is 12.1 Å². The summed E-state index contributed by atoms with van der Waals surface area (Å²) in [6.45, 7) is 3.85. The number of hydrogen-bond donors (Lipinski definition) is 0. The van der Waals surface area contributed by atoms with Crippen LogP contribution in [0.5, 0.6) is 5.75 Å². The highest BCUT2D eigenvalue weighted by Gasteiger charge is 2.14. The Morgan fingerprint density at radius 2 is 1.74 bits per heavy atom. The third kappa shape index (κ3) is 2.74. The highest BCUT2D eigenvalue weighted by atomic mass is 19.1. The molecule has 0 saturated heterocycles. The quantitative estimate of drug-likeness (QED) is 0.825. The summed E-state index contributed by atoms with van der Waals surface area (Å²) in [5, 5.41) is 9.10. The fourth-order valence-corrected chi connectivity index (χ4v) is 1.91. The largest absolute Gasteiger partial charge is 0.490 e. The van der Waals surface area contributed by atoms with Gasteiger partial charge in [-0.1, -0.05) is 30.3 Å². The molecule has 0 N–H and O–H groups in total. The first-order valence-corrected chi connectivity index (χ1v) is 6.08. The van der Waals surface area contributed by atoms with Crippen LogP contribution in [-0.2, 0) is 0 Å². The summed E-state index contributed by atoms with van der Waals surface area (Å²) >= 11 is 0. The van der Waals surface area contributed by atoms with Crippen LogP contribution in [0.25, 0.3) is 11.1 Å². The van der Waals surface area contributed by atoms with Crippen molar-refractivity contribution in [3.63, 3.8) is 0 Å². The number of rotatable bonds is 3. The van der Waals surface area contributed by atoms with Crippen molar-refractivity contribution in [2.24, 2.45) is 0 Å². The second kappa shape index (κ2) is 5.53. The van der Waals surface area contributed by atoms with Crippen molar-refractivity contribution in [2.75, 3.05) is 0 Å². The summed E-state index contributed by atoms with van der Waals surface area (Å²) in [7, 11) is 0. The van der Waals surface area contributed by atoms with E-state index in [0.29, 0.717) is 11.3 Å². The van der Waals surface area contributed by atoms with E-state index < -0.39 is 5.82 Å². The highest BCUT2D eigenvalue weighted by Crippen LogP contribution is 2.33. The maximum absolute atomic E-state index is 13.7. The van der Waals surface area contributed by atoms with E-state index >= 15 is 0 Å². The topological polar surface area (TPSA) is 33.0 Å². The van der Waals surface area contributed by atoms with Crippen molar-refractivity contribution in [2.45, 2.75) is 20.0 Å². The van der Waals surface area contributed by atoms with Crippen molar-refractivity contribution in [1.82, 2.24) is 0 Å². The third-order valence-corrected chi connectivity index (χ3v) is 2.67. The van der Waals surface area contributed by atoms with Crippen LogP contribution in [0, 0.1) is 17.1 Å². The molecule has 0 heterocycles. The fraction of sp³-hybridized carbons (Fsp3) is 0.188. The average molecular weight is 255 g/mol. The van der Waals surface area contributed by atoms with Crippen LogP contribution in [-0.4, -0.2) is 6.10 Å². The molecule has 0 aromatic heterocycles. The van der Waals surface area contributed by atoms with E-state index in [2.05, 4.69) is 0 Å². The summed E-state index contributed by atoms with van der Waals surface area (Å²) in [5.41, 5.74) is 1.33. The van der Waals surface area contributed by atoms with Gasteiger partial charge in [-0.15, -0.1) is 0 Å². The lowest BCUT2D eigenvalue weighted by molar-refractivity contribution is 0.243. The Hall–Kier alpha value is -2.34. The molecule has 0 aliphatic heterocycles. The normalized spacial score (nSPS) is 10.3. The fourth-order valence-electron chi connectivity index (χ4n) is 1.91. The Labute approximate surface area is 112 Å². The minimum atomic E-state index is -0.514. The summed E-state index contributed by atoms with van der Waals surface area (Å²) in [6.07, 6.45) is 0.0141. The molecule has 0 bridgehead atoms. The molecule has 0 saturated carbocycles. The van der Waals surface area contributed by atoms with Gasteiger partial charge in [0.15, 0.2) is 0 Å². The first-order valence-electron chi connectivity index (χ1n) is 6.08. The number of nitriles is 1. The van der Waals surface area contributed by atoms with Gasteiger partial charge in [0.05, 0.1) is 11.7 Å². The van der Waals surface area contributed by atoms with E-state index in [9.17, 15) is 4.39 Å². The standard InChI is InChI=1S/C16H14FNO/c1-11(2)19-16-9-4-3-6-13(16)12-7-5-8-15(17)14(12)10-18/h3-9,11H,1-2H3. The van der Waals surface area contributed by atoms with E-state index in [1.807, 2.05) is 44.2 Å². The summed E-state index contributed by atoms with van der Waals surface area (Å²) in [5.74, 6) is 0.138. The van der Waals surface area contributed by atoms with E-state index in [4.69, 9.17) is 10.00 Å². The highest BCUT2D eigenvalue weighted by molar-refractivity contribution is 5.75. The number of halogens is 1. The zero-order valence-electron chi connectivity index (χ0n) is 10.9. The Morgan fingerprint density at radius 3 is 2.42 bits per heavy atom. The molecule has 19 heavy (non-hydrogen) atoms. The molecule has 2 rings (SSSR count). The molecule has 96 valence electrons. The van der Waals surface area contributed by atoms with Gasteiger partial charge in [0, 0.05) is 11.1 Å². The molecular weight excluding hydrogens is 241 g/mol. The summed E-state index contributed by atoms with van der Waals surface area (Å²) in [4.78, 5) is 0. The molecule has 0 aliphatic carbocycles. The number of nitrogens with zero attached hydrogens (tertiary/aromatic N) is 1. The molecular formula is C16H14FNO. The van der Waals surface area contributed by atoms with Crippen LogP contribution in [0.2, 0.25) is 0 Å². The van der Waals surface area contributed by atoms with Crippen LogP contribution in [0.4, 0.5) is 4.39 Å². The smallest absolute Gasteiger partial charge is 0.141 e. The lowest BCUT2D eigenvalue weighted by Gasteiger charge is -2.15. The van der Waals surface area contributed by atoms with Gasteiger partial charge in [0.25, 0.3) is 0 Å². The lowest BCUT2D eigenvalue weighted by atomic mass is 9.99. The van der Waals surface area contributed by atoms with Gasteiger partial charge in [-0.05, 0) is 26.0 Å². The molecule has 0 aliphatic rings. The average Bonchev–Trinajstić information content (AvgIpc) is 2.38. The zero-order chi connectivity index (χ0) is 13.8. The second-order valence-electron chi connectivity index (χ2n) is 4.44. The molecule has 0 atom stereocenters. The van der Waals surface area contributed by atoms with Gasteiger partial charge in [-0.25, -0.2) is 4.39 Å². The maximum Gasteiger partial charge on any atom is 0.141 e. The van der Waals surface area contributed by atoms with Crippen molar-refractivity contribution in [3.8, 4) is 22.9 Å². The lowest BCUT2D eigenvalue weighted by Crippen LogP contribution is -2.06. The van der Waals surface area contributed by atoms with Crippen molar-refractivity contribution in [1.29, 1.82) is 5.26 Å². The van der Waals surface area contributed by atoms with Gasteiger partial charge in [0.2, 0.25) is 0 Å². The Kier molecular flexibility index (Phi) is 3.82.